The zero-order valence-corrected chi connectivity index (χ0v) is 10.6. The molecule has 3 heterocycles. The third-order valence-electron chi connectivity index (χ3n) is 3.41. The maximum absolute atomic E-state index is 9.28. The van der Waals surface area contributed by atoms with Gasteiger partial charge in [0.15, 0.2) is 0 Å². The SMILES string of the molecule is OC[C@H]1CCCN1Cc1nc(-c2ccccn2)no1. The summed E-state index contributed by atoms with van der Waals surface area (Å²) in [5, 5.41) is 13.2. The van der Waals surface area contributed by atoms with E-state index in [9.17, 15) is 5.11 Å². The summed E-state index contributed by atoms with van der Waals surface area (Å²) in [6.45, 7) is 1.73. The van der Waals surface area contributed by atoms with Crippen LogP contribution in [0.5, 0.6) is 0 Å². The van der Waals surface area contributed by atoms with Gasteiger partial charge < -0.3 is 9.63 Å². The second-order valence-corrected chi connectivity index (χ2v) is 4.68. The van der Waals surface area contributed by atoms with Gasteiger partial charge in [-0.3, -0.25) is 9.88 Å². The molecule has 0 unspecified atom stereocenters. The van der Waals surface area contributed by atoms with Gasteiger partial charge in [0.05, 0.1) is 13.2 Å². The topological polar surface area (TPSA) is 75.3 Å². The summed E-state index contributed by atoms with van der Waals surface area (Å²) in [6, 6.07) is 5.80. The van der Waals surface area contributed by atoms with E-state index in [1.165, 1.54) is 0 Å². The van der Waals surface area contributed by atoms with Crippen LogP contribution in [0.15, 0.2) is 28.9 Å². The molecule has 1 saturated heterocycles. The van der Waals surface area contributed by atoms with Crippen LogP contribution in [0.3, 0.4) is 0 Å². The van der Waals surface area contributed by atoms with E-state index >= 15 is 0 Å². The number of rotatable bonds is 4. The lowest BCUT2D eigenvalue weighted by molar-refractivity contribution is 0.141. The second kappa shape index (κ2) is 5.46. The molecule has 100 valence electrons. The fourth-order valence-electron chi connectivity index (χ4n) is 2.40. The maximum atomic E-state index is 9.28. The molecule has 0 aromatic carbocycles. The maximum Gasteiger partial charge on any atom is 0.241 e. The Balaban J connectivity index is 1.72. The molecule has 0 saturated carbocycles. The Labute approximate surface area is 111 Å². The molecule has 3 rings (SSSR count). The Kier molecular flexibility index (Phi) is 3.52. The molecule has 2 aromatic rings. The van der Waals surface area contributed by atoms with Crippen molar-refractivity contribution in [3.05, 3.63) is 30.3 Å². The quantitative estimate of drug-likeness (QED) is 0.886. The Morgan fingerprint density at radius 3 is 3.16 bits per heavy atom. The molecule has 1 atom stereocenters. The standard InChI is InChI=1S/C13H16N4O2/c18-9-10-4-3-7-17(10)8-12-15-13(16-19-12)11-5-1-2-6-14-11/h1-2,5-6,10,18H,3-4,7-9H2/t10-/m1/s1. The number of pyridine rings is 1. The first kappa shape index (κ1) is 12.3. The Hall–Kier alpha value is -1.79. The van der Waals surface area contributed by atoms with Crippen molar-refractivity contribution >= 4 is 0 Å². The summed E-state index contributed by atoms with van der Waals surface area (Å²) in [6.07, 6.45) is 3.83. The van der Waals surface area contributed by atoms with Crippen LogP contribution in [0.1, 0.15) is 18.7 Å². The Morgan fingerprint density at radius 2 is 2.37 bits per heavy atom. The summed E-state index contributed by atoms with van der Waals surface area (Å²) in [7, 11) is 0. The molecule has 0 radical (unpaired) electrons. The second-order valence-electron chi connectivity index (χ2n) is 4.68. The number of aromatic nitrogens is 3. The molecule has 1 fully saturated rings. The van der Waals surface area contributed by atoms with Crippen molar-refractivity contribution in [1.82, 2.24) is 20.0 Å². The van der Waals surface area contributed by atoms with E-state index in [1.54, 1.807) is 6.20 Å². The van der Waals surface area contributed by atoms with Crippen LogP contribution in [0.4, 0.5) is 0 Å². The fraction of sp³-hybridized carbons (Fsp3) is 0.462. The third kappa shape index (κ3) is 2.64. The van der Waals surface area contributed by atoms with Gasteiger partial charge in [-0.15, -0.1) is 0 Å². The highest BCUT2D eigenvalue weighted by atomic mass is 16.5. The van der Waals surface area contributed by atoms with Crippen molar-refractivity contribution in [1.29, 1.82) is 0 Å². The number of nitrogens with zero attached hydrogens (tertiary/aromatic N) is 4. The van der Waals surface area contributed by atoms with Gasteiger partial charge in [-0.25, -0.2) is 0 Å². The lowest BCUT2D eigenvalue weighted by Crippen LogP contribution is -2.31. The van der Waals surface area contributed by atoms with Crippen LogP contribution in [0, 0.1) is 0 Å². The van der Waals surface area contributed by atoms with Crippen molar-refractivity contribution in [3.63, 3.8) is 0 Å². The normalized spacial score (nSPS) is 19.9. The van der Waals surface area contributed by atoms with Crippen LogP contribution in [-0.2, 0) is 6.54 Å². The number of hydrogen-bond acceptors (Lipinski definition) is 6. The average molecular weight is 260 g/mol. The van der Waals surface area contributed by atoms with Gasteiger partial charge in [0.2, 0.25) is 11.7 Å². The molecule has 6 nitrogen and oxygen atoms in total. The number of aliphatic hydroxyl groups is 1. The molecule has 1 aliphatic rings. The smallest absolute Gasteiger partial charge is 0.241 e. The monoisotopic (exact) mass is 260 g/mol. The van der Waals surface area contributed by atoms with E-state index in [1.807, 2.05) is 18.2 Å². The summed E-state index contributed by atoms with van der Waals surface area (Å²) in [5.41, 5.74) is 0.706. The first-order chi connectivity index (χ1) is 9.36. The molecule has 2 aromatic heterocycles. The van der Waals surface area contributed by atoms with Gasteiger partial charge in [-0.2, -0.15) is 4.98 Å². The summed E-state index contributed by atoms with van der Waals surface area (Å²) in [4.78, 5) is 10.7. The first-order valence-electron chi connectivity index (χ1n) is 6.45. The molecular formula is C13H16N4O2. The van der Waals surface area contributed by atoms with Gasteiger partial charge >= 0.3 is 0 Å². The minimum absolute atomic E-state index is 0.182. The van der Waals surface area contributed by atoms with Crippen molar-refractivity contribution in [3.8, 4) is 11.5 Å². The molecule has 0 aliphatic carbocycles. The van der Waals surface area contributed by atoms with Crippen LogP contribution < -0.4 is 0 Å². The van der Waals surface area contributed by atoms with Gasteiger partial charge in [-0.1, -0.05) is 11.2 Å². The van der Waals surface area contributed by atoms with Crippen LogP contribution in [-0.4, -0.2) is 44.3 Å². The van der Waals surface area contributed by atoms with E-state index in [4.69, 9.17) is 4.52 Å². The predicted octanol–water partition coefficient (Wildman–Crippen LogP) is 1.09. The molecule has 19 heavy (non-hydrogen) atoms. The molecule has 0 spiro atoms. The highest BCUT2D eigenvalue weighted by Gasteiger charge is 2.25. The zero-order chi connectivity index (χ0) is 13.1. The fourth-order valence-corrected chi connectivity index (χ4v) is 2.40. The number of hydrogen-bond donors (Lipinski definition) is 1. The van der Waals surface area contributed by atoms with Crippen molar-refractivity contribution in [2.24, 2.45) is 0 Å². The van der Waals surface area contributed by atoms with Crippen molar-refractivity contribution in [2.45, 2.75) is 25.4 Å². The predicted molar refractivity (Wildman–Crippen MR) is 68.0 cm³/mol. The minimum Gasteiger partial charge on any atom is -0.395 e. The van der Waals surface area contributed by atoms with Crippen LogP contribution >= 0.6 is 0 Å². The highest BCUT2D eigenvalue weighted by molar-refractivity contribution is 5.46. The average Bonchev–Trinajstić information content (AvgIpc) is 3.09. The van der Waals surface area contributed by atoms with Crippen molar-refractivity contribution in [2.75, 3.05) is 13.2 Å². The Bertz CT molecular complexity index is 528. The largest absolute Gasteiger partial charge is 0.395 e. The summed E-state index contributed by atoms with van der Waals surface area (Å²) in [5.74, 6) is 1.08. The first-order valence-corrected chi connectivity index (χ1v) is 6.45. The van der Waals surface area contributed by atoms with Gasteiger partial charge in [0.1, 0.15) is 5.69 Å². The van der Waals surface area contributed by atoms with Gasteiger partial charge in [0.25, 0.3) is 0 Å². The molecular weight excluding hydrogens is 244 g/mol. The minimum atomic E-state index is 0.182. The van der Waals surface area contributed by atoms with Crippen molar-refractivity contribution < 1.29 is 9.63 Å². The molecule has 6 heteroatoms. The zero-order valence-electron chi connectivity index (χ0n) is 10.6. The van der Waals surface area contributed by atoms with Crippen LogP contribution in [0.25, 0.3) is 11.5 Å². The van der Waals surface area contributed by atoms with E-state index in [2.05, 4.69) is 20.0 Å². The van der Waals surface area contributed by atoms with Gasteiger partial charge in [0, 0.05) is 12.2 Å². The molecule has 0 amide bonds. The van der Waals surface area contributed by atoms with E-state index in [0.717, 1.165) is 19.4 Å². The molecule has 0 bridgehead atoms. The molecule has 1 aliphatic heterocycles. The van der Waals surface area contributed by atoms with E-state index in [-0.39, 0.29) is 12.6 Å². The molecule has 1 N–H and O–H groups in total. The Morgan fingerprint density at radius 1 is 1.42 bits per heavy atom. The lowest BCUT2D eigenvalue weighted by atomic mass is 10.2. The van der Waals surface area contributed by atoms with E-state index < -0.39 is 0 Å². The number of likely N-dealkylation sites (tertiary alicyclic amines) is 1. The lowest BCUT2D eigenvalue weighted by Gasteiger charge is -2.20. The van der Waals surface area contributed by atoms with Crippen LogP contribution in [0.2, 0.25) is 0 Å². The summed E-state index contributed by atoms with van der Waals surface area (Å²) < 4.78 is 5.25. The summed E-state index contributed by atoms with van der Waals surface area (Å²) >= 11 is 0. The van der Waals surface area contributed by atoms with E-state index in [0.29, 0.717) is 24.0 Å². The third-order valence-corrected chi connectivity index (χ3v) is 3.41. The number of aliphatic hydroxyl groups excluding tert-OH is 1. The van der Waals surface area contributed by atoms with Gasteiger partial charge in [-0.05, 0) is 31.5 Å². The highest BCUT2D eigenvalue weighted by Crippen LogP contribution is 2.20.